The second-order valence-electron chi connectivity index (χ2n) is 4.01. The van der Waals surface area contributed by atoms with Crippen LogP contribution in [-0.2, 0) is 11.2 Å². The Morgan fingerprint density at radius 3 is 2.94 bits per heavy atom. The molecule has 0 radical (unpaired) electrons. The second kappa shape index (κ2) is 5.37. The summed E-state index contributed by atoms with van der Waals surface area (Å²) in [7, 11) is 1.66. The van der Waals surface area contributed by atoms with E-state index in [4.69, 9.17) is 16.3 Å². The number of rotatable bonds is 3. The molecule has 0 saturated carbocycles. The van der Waals surface area contributed by atoms with Gasteiger partial charge in [-0.1, -0.05) is 23.7 Å². The molecule has 0 spiro atoms. The SMILES string of the molecule is COC1=CC(Cc2c(F)cccc2Cl)=CCC1. The van der Waals surface area contributed by atoms with Crippen molar-refractivity contribution in [2.24, 2.45) is 0 Å². The smallest absolute Gasteiger partial charge is 0.128 e. The first-order valence-electron chi connectivity index (χ1n) is 5.57. The van der Waals surface area contributed by atoms with Crippen LogP contribution in [0.1, 0.15) is 18.4 Å². The van der Waals surface area contributed by atoms with Crippen molar-refractivity contribution in [2.75, 3.05) is 7.11 Å². The van der Waals surface area contributed by atoms with Crippen molar-refractivity contribution in [1.29, 1.82) is 0 Å². The zero-order valence-electron chi connectivity index (χ0n) is 9.67. The van der Waals surface area contributed by atoms with E-state index < -0.39 is 0 Å². The molecule has 0 saturated heterocycles. The lowest BCUT2D eigenvalue weighted by molar-refractivity contribution is 0.276. The first-order chi connectivity index (χ1) is 8.20. The molecule has 0 N–H and O–H groups in total. The lowest BCUT2D eigenvalue weighted by Gasteiger charge is -2.13. The van der Waals surface area contributed by atoms with Crippen molar-refractivity contribution >= 4 is 11.6 Å². The zero-order chi connectivity index (χ0) is 12.3. The molecular formula is C14H14ClFO. The third-order valence-corrected chi connectivity index (χ3v) is 3.20. The van der Waals surface area contributed by atoms with Gasteiger partial charge in [-0.2, -0.15) is 0 Å². The molecule has 0 aliphatic heterocycles. The monoisotopic (exact) mass is 252 g/mol. The van der Waals surface area contributed by atoms with Gasteiger partial charge in [0.2, 0.25) is 0 Å². The van der Waals surface area contributed by atoms with E-state index in [0.717, 1.165) is 24.2 Å². The van der Waals surface area contributed by atoms with Crippen LogP contribution in [0.4, 0.5) is 4.39 Å². The van der Waals surface area contributed by atoms with Gasteiger partial charge in [-0.15, -0.1) is 0 Å². The van der Waals surface area contributed by atoms with Gasteiger partial charge in [0.15, 0.2) is 0 Å². The van der Waals surface area contributed by atoms with Gasteiger partial charge < -0.3 is 4.74 Å². The number of allylic oxidation sites excluding steroid dienone is 4. The Kier molecular flexibility index (Phi) is 3.85. The van der Waals surface area contributed by atoms with Crippen molar-refractivity contribution in [1.82, 2.24) is 0 Å². The van der Waals surface area contributed by atoms with E-state index in [1.165, 1.54) is 6.07 Å². The Hall–Kier alpha value is -1.28. The van der Waals surface area contributed by atoms with Crippen LogP contribution in [0.25, 0.3) is 0 Å². The molecule has 2 rings (SSSR count). The molecular weight excluding hydrogens is 239 g/mol. The minimum absolute atomic E-state index is 0.253. The van der Waals surface area contributed by atoms with Crippen molar-refractivity contribution in [2.45, 2.75) is 19.3 Å². The van der Waals surface area contributed by atoms with Gasteiger partial charge in [0.1, 0.15) is 5.82 Å². The fourth-order valence-electron chi connectivity index (χ4n) is 1.93. The average molecular weight is 253 g/mol. The Morgan fingerprint density at radius 2 is 2.24 bits per heavy atom. The van der Waals surface area contributed by atoms with Gasteiger partial charge in [-0.3, -0.25) is 0 Å². The topological polar surface area (TPSA) is 9.23 Å². The normalized spacial score (nSPS) is 15.2. The summed E-state index contributed by atoms with van der Waals surface area (Å²) in [6.45, 7) is 0. The van der Waals surface area contributed by atoms with E-state index in [1.807, 2.05) is 6.08 Å². The predicted molar refractivity (Wildman–Crippen MR) is 67.5 cm³/mol. The maximum atomic E-state index is 13.6. The second-order valence-corrected chi connectivity index (χ2v) is 4.42. The summed E-state index contributed by atoms with van der Waals surface area (Å²) < 4.78 is 18.8. The van der Waals surface area contributed by atoms with E-state index in [2.05, 4.69) is 6.08 Å². The van der Waals surface area contributed by atoms with Crippen LogP contribution in [0, 0.1) is 5.82 Å². The summed E-state index contributed by atoms with van der Waals surface area (Å²) in [5, 5.41) is 0.476. The van der Waals surface area contributed by atoms with Crippen LogP contribution < -0.4 is 0 Å². The molecule has 1 aliphatic rings. The van der Waals surface area contributed by atoms with Crippen LogP contribution >= 0.6 is 11.6 Å². The van der Waals surface area contributed by atoms with Gasteiger partial charge in [0.05, 0.1) is 12.9 Å². The van der Waals surface area contributed by atoms with Gasteiger partial charge in [-0.05, 0) is 30.2 Å². The highest BCUT2D eigenvalue weighted by Crippen LogP contribution is 2.26. The fraction of sp³-hybridized carbons (Fsp3) is 0.286. The summed E-state index contributed by atoms with van der Waals surface area (Å²) in [6.07, 6.45) is 6.42. The first kappa shape index (κ1) is 12.2. The molecule has 0 fully saturated rings. The number of hydrogen-bond donors (Lipinski definition) is 0. The van der Waals surface area contributed by atoms with Crippen molar-refractivity contribution in [3.05, 3.63) is 58.1 Å². The number of ether oxygens (including phenoxy) is 1. The highest BCUT2D eigenvalue weighted by molar-refractivity contribution is 6.31. The Bertz CT molecular complexity index is 457. The molecule has 90 valence electrons. The van der Waals surface area contributed by atoms with Crippen LogP contribution in [0.3, 0.4) is 0 Å². The van der Waals surface area contributed by atoms with E-state index >= 15 is 0 Å². The molecule has 0 atom stereocenters. The van der Waals surface area contributed by atoms with Crippen LogP contribution in [0.15, 0.2) is 41.7 Å². The summed E-state index contributed by atoms with van der Waals surface area (Å²) in [6, 6.07) is 4.77. The Labute approximate surface area is 106 Å². The number of halogens is 2. The van der Waals surface area contributed by atoms with Crippen molar-refractivity contribution in [3.8, 4) is 0 Å². The number of benzene rings is 1. The highest BCUT2D eigenvalue weighted by atomic mass is 35.5. The molecule has 1 aromatic rings. The summed E-state index contributed by atoms with van der Waals surface area (Å²) in [4.78, 5) is 0. The number of hydrogen-bond acceptors (Lipinski definition) is 1. The largest absolute Gasteiger partial charge is 0.501 e. The summed E-state index contributed by atoms with van der Waals surface area (Å²) >= 11 is 6.00. The maximum absolute atomic E-state index is 13.6. The van der Waals surface area contributed by atoms with Crippen LogP contribution in [0.2, 0.25) is 5.02 Å². The van der Waals surface area contributed by atoms with Gasteiger partial charge in [0, 0.05) is 23.4 Å². The molecule has 1 nitrogen and oxygen atoms in total. The molecule has 0 heterocycles. The minimum atomic E-state index is -0.253. The summed E-state index contributed by atoms with van der Waals surface area (Å²) in [5.74, 6) is 0.686. The van der Waals surface area contributed by atoms with E-state index in [0.29, 0.717) is 17.0 Å². The third-order valence-electron chi connectivity index (χ3n) is 2.85. The third kappa shape index (κ3) is 2.89. The maximum Gasteiger partial charge on any atom is 0.128 e. The van der Waals surface area contributed by atoms with Gasteiger partial charge in [-0.25, -0.2) is 4.39 Å². The van der Waals surface area contributed by atoms with E-state index in [9.17, 15) is 4.39 Å². The molecule has 1 aromatic carbocycles. The lowest BCUT2D eigenvalue weighted by atomic mass is 9.98. The molecule has 0 amide bonds. The predicted octanol–water partition coefficient (Wildman–Crippen LogP) is 4.27. The molecule has 17 heavy (non-hydrogen) atoms. The average Bonchev–Trinajstić information content (AvgIpc) is 2.34. The first-order valence-corrected chi connectivity index (χ1v) is 5.95. The Balaban J connectivity index is 2.22. The summed E-state index contributed by atoms with van der Waals surface area (Å²) in [5.41, 5.74) is 1.61. The molecule has 0 bridgehead atoms. The molecule has 1 aliphatic carbocycles. The van der Waals surface area contributed by atoms with E-state index in [1.54, 1.807) is 19.2 Å². The van der Waals surface area contributed by atoms with Crippen molar-refractivity contribution in [3.63, 3.8) is 0 Å². The molecule has 3 heteroatoms. The Morgan fingerprint density at radius 1 is 1.41 bits per heavy atom. The minimum Gasteiger partial charge on any atom is -0.501 e. The van der Waals surface area contributed by atoms with Gasteiger partial charge in [0.25, 0.3) is 0 Å². The van der Waals surface area contributed by atoms with E-state index in [-0.39, 0.29) is 5.82 Å². The standard InChI is InChI=1S/C14H14ClFO/c1-17-11-5-2-4-10(8-11)9-12-13(15)6-3-7-14(12)16/h3-4,6-8H,2,5,9H2,1H3. The van der Waals surface area contributed by atoms with Crippen LogP contribution in [0.5, 0.6) is 0 Å². The van der Waals surface area contributed by atoms with Crippen LogP contribution in [-0.4, -0.2) is 7.11 Å². The quantitative estimate of drug-likeness (QED) is 0.781. The van der Waals surface area contributed by atoms with Crippen molar-refractivity contribution < 1.29 is 9.13 Å². The number of methoxy groups -OCH3 is 1. The lowest BCUT2D eigenvalue weighted by Crippen LogP contribution is -1.99. The fourth-order valence-corrected chi connectivity index (χ4v) is 2.16. The molecule has 0 unspecified atom stereocenters. The highest BCUT2D eigenvalue weighted by Gasteiger charge is 2.11. The zero-order valence-corrected chi connectivity index (χ0v) is 10.4. The van der Waals surface area contributed by atoms with Gasteiger partial charge >= 0.3 is 0 Å². The molecule has 0 aromatic heterocycles.